The van der Waals surface area contributed by atoms with Gasteiger partial charge in [0.05, 0.1) is 7.11 Å². The van der Waals surface area contributed by atoms with E-state index in [9.17, 15) is 4.79 Å². The van der Waals surface area contributed by atoms with E-state index in [2.05, 4.69) is 5.32 Å². The fourth-order valence-corrected chi connectivity index (χ4v) is 2.38. The Labute approximate surface area is 114 Å². The summed E-state index contributed by atoms with van der Waals surface area (Å²) in [5.74, 6) is 1.90. The van der Waals surface area contributed by atoms with Crippen molar-refractivity contribution in [1.29, 1.82) is 0 Å². The van der Waals surface area contributed by atoms with Gasteiger partial charge in [-0.2, -0.15) is 0 Å². The Morgan fingerprint density at radius 3 is 2.84 bits per heavy atom. The lowest BCUT2D eigenvalue weighted by molar-refractivity contribution is -0.122. The molecule has 104 valence electrons. The van der Waals surface area contributed by atoms with Crippen LogP contribution in [0.5, 0.6) is 11.5 Å². The maximum atomic E-state index is 11.9. The van der Waals surface area contributed by atoms with E-state index in [0.29, 0.717) is 23.8 Å². The summed E-state index contributed by atoms with van der Waals surface area (Å²) in [7, 11) is 1.59. The monoisotopic (exact) mass is 263 g/mol. The molecule has 0 saturated carbocycles. The SMILES string of the molecule is COc1ccccc1OCC(=O)CC1CCCNC1. The Balaban J connectivity index is 1.79. The summed E-state index contributed by atoms with van der Waals surface area (Å²) in [6.07, 6.45) is 2.89. The first kappa shape index (κ1) is 13.9. The van der Waals surface area contributed by atoms with Crippen molar-refractivity contribution >= 4 is 5.78 Å². The molecular formula is C15H21NO3. The van der Waals surface area contributed by atoms with E-state index >= 15 is 0 Å². The van der Waals surface area contributed by atoms with Gasteiger partial charge in [-0.25, -0.2) is 0 Å². The molecule has 1 fully saturated rings. The number of benzene rings is 1. The fraction of sp³-hybridized carbons (Fsp3) is 0.533. The van der Waals surface area contributed by atoms with E-state index in [-0.39, 0.29) is 12.4 Å². The van der Waals surface area contributed by atoms with Gasteiger partial charge >= 0.3 is 0 Å². The van der Waals surface area contributed by atoms with E-state index in [0.717, 1.165) is 25.9 Å². The van der Waals surface area contributed by atoms with Gasteiger partial charge in [0.25, 0.3) is 0 Å². The predicted octanol–water partition coefficient (Wildman–Crippen LogP) is 2.03. The van der Waals surface area contributed by atoms with Crippen LogP contribution in [0.3, 0.4) is 0 Å². The fourth-order valence-electron chi connectivity index (χ4n) is 2.38. The molecule has 0 bridgehead atoms. The molecule has 1 saturated heterocycles. The Kier molecular flexibility index (Phi) is 5.21. The minimum absolute atomic E-state index is 0.122. The zero-order valence-electron chi connectivity index (χ0n) is 11.4. The van der Waals surface area contributed by atoms with Crippen molar-refractivity contribution in [2.75, 3.05) is 26.8 Å². The number of nitrogens with one attached hydrogen (secondary N) is 1. The van der Waals surface area contributed by atoms with Crippen molar-refractivity contribution in [3.8, 4) is 11.5 Å². The molecule has 1 heterocycles. The smallest absolute Gasteiger partial charge is 0.170 e. The Bertz CT molecular complexity index is 414. The zero-order valence-corrected chi connectivity index (χ0v) is 11.4. The maximum absolute atomic E-state index is 11.9. The highest BCUT2D eigenvalue weighted by Gasteiger charge is 2.17. The molecule has 1 unspecified atom stereocenters. The van der Waals surface area contributed by atoms with Crippen LogP contribution in [0.2, 0.25) is 0 Å². The standard InChI is InChI=1S/C15H21NO3/c1-18-14-6-2-3-7-15(14)19-11-13(17)9-12-5-4-8-16-10-12/h2-3,6-7,12,16H,4-5,8-11H2,1H3. The van der Waals surface area contributed by atoms with Crippen LogP contribution in [-0.4, -0.2) is 32.6 Å². The lowest BCUT2D eigenvalue weighted by Gasteiger charge is -2.21. The second-order valence-electron chi connectivity index (χ2n) is 4.89. The molecule has 0 spiro atoms. The molecule has 1 aliphatic heterocycles. The summed E-state index contributed by atoms with van der Waals surface area (Å²) in [6, 6.07) is 7.38. The van der Waals surface area contributed by atoms with E-state index in [1.807, 2.05) is 24.3 Å². The van der Waals surface area contributed by atoms with Crippen molar-refractivity contribution in [2.24, 2.45) is 5.92 Å². The number of hydrogen-bond acceptors (Lipinski definition) is 4. The summed E-state index contributed by atoms with van der Waals surface area (Å²) in [4.78, 5) is 11.9. The van der Waals surface area contributed by atoms with Crippen LogP contribution in [0.1, 0.15) is 19.3 Å². The lowest BCUT2D eigenvalue weighted by Crippen LogP contribution is -2.31. The van der Waals surface area contributed by atoms with Crippen molar-refractivity contribution < 1.29 is 14.3 Å². The van der Waals surface area contributed by atoms with E-state index in [1.165, 1.54) is 0 Å². The van der Waals surface area contributed by atoms with Gasteiger partial charge in [0.2, 0.25) is 0 Å². The van der Waals surface area contributed by atoms with Crippen molar-refractivity contribution in [2.45, 2.75) is 19.3 Å². The Morgan fingerprint density at radius 1 is 1.37 bits per heavy atom. The van der Waals surface area contributed by atoms with Crippen molar-refractivity contribution in [1.82, 2.24) is 5.32 Å². The highest BCUT2D eigenvalue weighted by atomic mass is 16.5. The number of para-hydroxylation sites is 2. The summed E-state index contributed by atoms with van der Waals surface area (Å²) in [5, 5.41) is 3.32. The summed E-state index contributed by atoms with van der Waals surface area (Å²) >= 11 is 0. The molecule has 1 aromatic carbocycles. The van der Waals surface area contributed by atoms with E-state index < -0.39 is 0 Å². The highest BCUT2D eigenvalue weighted by molar-refractivity contribution is 5.80. The van der Waals surface area contributed by atoms with Gasteiger partial charge < -0.3 is 14.8 Å². The molecule has 19 heavy (non-hydrogen) atoms. The molecule has 2 rings (SSSR count). The number of methoxy groups -OCH3 is 1. The predicted molar refractivity (Wildman–Crippen MR) is 73.7 cm³/mol. The molecule has 1 aromatic rings. The average Bonchev–Trinajstić information content (AvgIpc) is 2.46. The third kappa shape index (κ3) is 4.24. The van der Waals surface area contributed by atoms with E-state index in [1.54, 1.807) is 7.11 Å². The summed E-state index contributed by atoms with van der Waals surface area (Å²) in [6.45, 7) is 2.14. The largest absolute Gasteiger partial charge is 0.493 e. The second-order valence-corrected chi connectivity index (χ2v) is 4.89. The lowest BCUT2D eigenvalue weighted by atomic mass is 9.94. The van der Waals surface area contributed by atoms with Crippen LogP contribution in [0.4, 0.5) is 0 Å². The third-order valence-electron chi connectivity index (χ3n) is 3.37. The zero-order chi connectivity index (χ0) is 13.5. The van der Waals surface area contributed by atoms with Crippen LogP contribution in [0, 0.1) is 5.92 Å². The molecular weight excluding hydrogens is 242 g/mol. The average molecular weight is 263 g/mol. The van der Waals surface area contributed by atoms with Gasteiger partial charge in [-0.1, -0.05) is 12.1 Å². The normalized spacial score (nSPS) is 18.9. The van der Waals surface area contributed by atoms with Gasteiger partial charge in [0, 0.05) is 6.42 Å². The summed E-state index contributed by atoms with van der Waals surface area (Å²) < 4.78 is 10.7. The number of piperidine rings is 1. The number of ether oxygens (including phenoxy) is 2. The van der Waals surface area contributed by atoms with Gasteiger partial charge in [-0.15, -0.1) is 0 Å². The number of ketones is 1. The first-order valence-electron chi connectivity index (χ1n) is 6.78. The van der Waals surface area contributed by atoms with Crippen molar-refractivity contribution in [3.05, 3.63) is 24.3 Å². The molecule has 0 aromatic heterocycles. The second kappa shape index (κ2) is 7.14. The first-order chi connectivity index (χ1) is 9.29. The van der Waals surface area contributed by atoms with Crippen LogP contribution in [-0.2, 0) is 4.79 Å². The van der Waals surface area contributed by atoms with Gasteiger partial charge in [0.15, 0.2) is 17.3 Å². The minimum atomic E-state index is 0.122. The number of carbonyl (C=O) groups is 1. The highest BCUT2D eigenvalue weighted by Crippen LogP contribution is 2.25. The quantitative estimate of drug-likeness (QED) is 0.853. The van der Waals surface area contributed by atoms with Crippen LogP contribution in [0.15, 0.2) is 24.3 Å². The Morgan fingerprint density at radius 2 is 2.16 bits per heavy atom. The van der Waals surface area contributed by atoms with Crippen LogP contribution < -0.4 is 14.8 Å². The van der Waals surface area contributed by atoms with Crippen LogP contribution >= 0.6 is 0 Å². The number of carbonyl (C=O) groups excluding carboxylic acids is 1. The molecule has 1 N–H and O–H groups in total. The molecule has 0 amide bonds. The summed E-state index contributed by atoms with van der Waals surface area (Å²) in [5.41, 5.74) is 0. The third-order valence-corrected chi connectivity index (χ3v) is 3.37. The van der Waals surface area contributed by atoms with Gasteiger partial charge in [-0.05, 0) is 44.0 Å². The number of Topliss-reactive ketones (excluding diaryl/α,β-unsaturated/α-hetero) is 1. The number of rotatable bonds is 6. The van der Waals surface area contributed by atoms with E-state index in [4.69, 9.17) is 9.47 Å². The molecule has 0 aliphatic carbocycles. The molecule has 0 radical (unpaired) electrons. The van der Waals surface area contributed by atoms with Crippen molar-refractivity contribution in [3.63, 3.8) is 0 Å². The van der Waals surface area contributed by atoms with Gasteiger partial charge in [-0.3, -0.25) is 4.79 Å². The minimum Gasteiger partial charge on any atom is -0.493 e. The Hall–Kier alpha value is -1.55. The first-order valence-corrected chi connectivity index (χ1v) is 6.78. The van der Waals surface area contributed by atoms with Gasteiger partial charge in [0.1, 0.15) is 6.61 Å². The molecule has 4 heteroatoms. The molecule has 1 atom stereocenters. The maximum Gasteiger partial charge on any atom is 0.170 e. The number of hydrogen-bond donors (Lipinski definition) is 1. The van der Waals surface area contributed by atoms with Crippen LogP contribution in [0.25, 0.3) is 0 Å². The topological polar surface area (TPSA) is 47.6 Å². The molecule has 4 nitrogen and oxygen atoms in total. The molecule has 1 aliphatic rings.